The van der Waals surface area contributed by atoms with Gasteiger partial charge in [0.25, 0.3) is 0 Å². The van der Waals surface area contributed by atoms with Crippen LogP contribution in [0.3, 0.4) is 0 Å². The molecule has 2 aromatic rings. The van der Waals surface area contributed by atoms with E-state index >= 15 is 0 Å². The van der Waals surface area contributed by atoms with Crippen molar-refractivity contribution in [1.82, 2.24) is 4.98 Å². The summed E-state index contributed by atoms with van der Waals surface area (Å²) in [7, 11) is -3.67. The van der Waals surface area contributed by atoms with Gasteiger partial charge in [-0.05, 0) is 36.4 Å². The van der Waals surface area contributed by atoms with E-state index in [9.17, 15) is 17.6 Å². The molecule has 0 fully saturated rings. The fourth-order valence-electron chi connectivity index (χ4n) is 1.74. The molecule has 1 aromatic heterocycles. The average Bonchev–Trinajstić information content (AvgIpc) is 2.44. The van der Waals surface area contributed by atoms with E-state index in [4.69, 9.17) is 11.6 Å². The highest BCUT2D eigenvalue weighted by Gasteiger charge is 2.15. The minimum Gasteiger partial charge on any atom is -0.289 e. The van der Waals surface area contributed by atoms with Crippen molar-refractivity contribution < 1.29 is 17.6 Å². The lowest BCUT2D eigenvalue weighted by atomic mass is 10.1. The number of nitrogens with zero attached hydrogens (tertiary/aromatic N) is 1. The van der Waals surface area contributed by atoms with Crippen molar-refractivity contribution in [3.05, 3.63) is 64.7 Å². The molecular formula is C15H11ClFNO3S. The molecule has 1 aromatic carbocycles. The first-order valence-electron chi connectivity index (χ1n) is 6.11. The predicted octanol–water partition coefficient (Wildman–Crippen LogP) is 3.17. The Hall–Kier alpha value is -2.05. The van der Waals surface area contributed by atoms with Crippen LogP contribution in [-0.2, 0) is 9.84 Å². The molecule has 22 heavy (non-hydrogen) atoms. The molecule has 0 amide bonds. The molecule has 0 saturated carbocycles. The molecule has 0 N–H and O–H groups in total. The van der Waals surface area contributed by atoms with Crippen LogP contribution in [0.2, 0.25) is 5.15 Å². The van der Waals surface area contributed by atoms with Crippen LogP contribution in [0.1, 0.15) is 15.9 Å². The predicted molar refractivity (Wildman–Crippen MR) is 82.1 cm³/mol. The van der Waals surface area contributed by atoms with E-state index in [0.717, 1.165) is 18.4 Å². The number of pyridine rings is 1. The summed E-state index contributed by atoms with van der Waals surface area (Å²) >= 11 is 5.85. The normalized spacial score (nSPS) is 11.8. The van der Waals surface area contributed by atoms with E-state index in [1.54, 1.807) is 12.1 Å². The number of hydrogen-bond donors (Lipinski definition) is 0. The maximum absolute atomic E-state index is 13.7. The Kier molecular flexibility index (Phi) is 4.73. The Morgan fingerprint density at radius 1 is 1.32 bits per heavy atom. The number of hydrogen-bond acceptors (Lipinski definition) is 4. The number of benzene rings is 1. The maximum Gasteiger partial charge on any atom is 0.185 e. The Morgan fingerprint density at radius 3 is 2.64 bits per heavy atom. The quantitative estimate of drug-likeness (QED) is 0.487. The first-order valence-corrected chi connectivity index (χ1v) is 8.38. The van der Waals surface area contributed by atoms with Crippen LogP contribution in [0.15, 0.2) is 47.5 Å². The number of carbonyl (C=O) groups is 1. The van der Waals surface area contributed by atoms with Crippen molar-refractivity contribution in [2.75, 3.05) is 6.26 Å². The van der Waals surface area contributed by atoms with Crippen LogP contribution in [0.5, 0.6) is 0 Å². The molecule has 114 valence electrons. The topological polar surface area (TPSA) is 64.1 Å². The summed E-state index contributed by atoms with van der Waals surface area (Å²) in [5.74, 6) is -1.43. The zero-order valence-corrected chi connectivity index (χ0v) is 13.0. The molecule has 0 radical (unpaired) electrons. The van der Waals surface area contributed by atoms with E-state index in [2.05, 4.69) is 4.98 Å². The van der Waals surface area contributed by atoms with Gasteiger partial charge in [0.2, 0.25) is 0 Å². The summed E-state index contributed by atoms with van der Waals surface area (Å²) in [6.07, 6.45) is 5.09. The number of rotatable bonds is 4. The molecule has 0 aliphatic heterocycles. The lowest BCUT2D eigenvalue weighted by molar-refractivity contribution is 0.104. The van der Waals surface area contributed by atoms with Crippen LogP contribution in [0.4, 0.5) is 4.39 Å². The van der Waals surface area contributed by atoms with Crippen molar-refractivity contribution in [1.29, 1.82) is 0 Å². The van der Waals surface area contributed by atoms with Crippen LogP contribution >= 0.6 is 11.6 Å². The second kappa shape index (κ2) is 6.37. The van der Waals surface area contributed by atoms with Gasteiger partial charge in [-0.3, -0.25) is 4.79 Å². The number of halogens is 2. The van der Waals surface area contributed by atoms with E-state index in [-0.39, 0.29) is 10.7 Å². The molecule has 0 aliphatic carbocycles. The Labute approximate surface area is 132 Å². The Bertz CT molecular complexity index is 863. The van der Waals surface area contributed by atoms with Gasteiger partial charge in [-0.15, -0.1) is 0 Å². The van der Waals surface area contributed by atoms with Gasteiger partial charge in [0.15, 0.2) is 15.6 Å². The van der Waals surface area contributed by atoms with Gasteiger partial charge in [-0.1, -0.05) is 17.7 Å². The third-order valence-electron chi connectivity index (χ3n) is 2.82. The van der Waals surface area contributed by atoms with Gasteiger partial charge >= 0.3 is 0 Å². The minimum absolute atomic E-state index is 0.0427. The van der Waals surface area contributed by atoms with Crippen molar-refractivity contribution in [3.8, 4) is 0 Å². The number of ketones is 1. The molecule has 0 saturated heterocycles. The molecule has 0 spiro atoms. The molecule has 1 heterocycles. The summed E-state index contributed by atoms with van der Waals surface area (Å²) in [4.78, 5) is 15.4. The fraction of sp³-hybridized carbons (Fsp3) is 0.0667. The summed E-state index contributed by atoms with van der Waals surface area (Å²) in [5.41, 5.74) is 0.590. The minimum atomic E-state index is -3.67. The van der Waals surface area contributed by atoms with Crippen molar-refractivity contribution in [2.24, 2.45) is 0 Å². The third kappa shape index (κ3) is 3.78. The largest absolute Gasteiger partial charge is 0.289 e. The van der Waals surface area contributed by atoms with Crippen LogP contribution < -0.4 is 0 Å². The summed E-state index contributed by atoms with van der Waals surface area (Å²) in [6, 6.07) is 6.57. The summed E-state index contributed by atoms with van der Waals surface area (Å²) in [5, 5.41) is 0.241. The lowest BCUT2D eigenvalue weighted by Crippen LogP contribution is -2.03. The molecular weight excluding hydrogens is 329 g/mol. The first-order chi connectivity index (χ1) is 10.3. The average molecular weight is 340 g/mol. The molecule has 0 unspecified atom stereocenters. The van der Waals surface area contributed by atoms with Crippen LogP contribution in [-0.4, -0.2) is 25.4 Å². The maximum atomic E-state index is 13.7. The standard InChI is InChI=1S/C15H11ClFNO3S/c1-22(20,21)14-7-5-11(9-12(14)17)13(19)6-4-10-3-2-8-18-15(10)16/h2-9H,1H3. The van der Waals surface area contributed by atoms with Gasteiger partial charge in [-0.2, -0.15) is 0 Å². The highest BCUT2D eigenvalue weighted by atomic mass is 35.5. The van der Waals surface area contributed by atoms with E-state index in [1.165, 1.54) is 24.4 Å². The number of allylic oxidation sites excluding steroid dienone is 1. The highest BCUT2D eigenvalue weighted by molar-refractivity contribution is 7.90. The lowest BCUT2D eigenvalue weighted by Gasteiger charge is -2.02. The SMILES string of the molecule is CS(=O)(=O)c1ccc(C(=O)C=Cc2cccnc2Cl)cc1F. The van der Waals surface area contributed by atoms with Crippen molar-refractivity contribution in [3.63, 3.8) is 0 Å². The Balaban J connectivity index is 2.28. The summed E-state index contributed by atoms with van der Waals surface area (Å²) < 4.78 is 36.4. The van der Waals surface area contributed by atoms with Gasteiger partial charge < -0.3 is 0 Å². The molecule has 0 bridgehead atoms. The molecule has 0 aliphatic rings. The second-order valence-corrected chi connectivity index (χ2v) is 6.84. The fourth-order valence-corrected chi connectivity index (χ4v) is 2.65. The number of carbonyl (C=O) groups excluding carboxylic acids is 1. The molecule has 2 rings (SSSR count). The van der Waals surface area contributed by atoms with Gasteiger partial charge in [0.1, 0.15) is 15.9 Å². The van der Waals surface area contributed by atoms with Crippen molar-refractivity contribution >= 4 is 33.3 Å². The van der Waals surface area contributed by atoms with Crippen molar-refractivity contribution in [2.45, 2.75) is 4.90 Å². The van der Waals surface area contributed by atoms with E-state index in [1.807, 2.05) is 0 Å². The zero-order valence-electron chi connectivity index (χ0n) is 11.5. The van der Waals surface area contributed by atoms with Gasteiger partial charge in [0.05, 0.1) is 0 Å². The zero-order chi connectivity index (χ0) is 16.3. The molecule has 7 heteroatoms. The molecule has 0 atom stereocenters. The molecule has 4 nitrogen and oxygen atoms in total. The third-order valence-corrected chi connectivity index (χ3v) is 4.26. The van der Waals surface area contributed by atoms with Gasteiger partial charge in [-0.25, -0.2) is 17.8 Å². The second-order valence-electron chi connectivity index (χ2n) is 4.50. The summed E-state index contributed by atoms with van der Waals surface area (Å²) in [6.45, 7) is 0. The number of sulfone groups is 1. The van der Waals surface area contributed by atoms with Crippen LogP contribution in [0.25, 0.3) is 6.08 Å². The monoisotopic (exact) mass is 339 g/mol. The Morgan fingerprint density at radius 2 is 2.05 bits per heavy atom. The highest BCUT2D eigenvalue weighted by Crippen LogP contribution is 2.18. The van der Waals surface area contributed by atoms with Crippen LogP contribution in [0, 0.1) is 5.82 Å². The number of aromatic nitrogens is 1. The van der Waals surface area contributed by atoms with Gasteiger partial charge in [0, 0.05) is 23.6 Å². The first kappa shape index (κ1) is 16.3. The smallest absolute Gasteiger partial charge is 0.185 e. The van der Waals surface area contributed by atoms with E-state index < -0.39 is 26.3 Å². The van der Waals surface area contributed by atoms with E-state index in [0.29, 0.717) is 5.56 Å².